The number of fused-ring (bicyclic) bond motifs is 1. The van der Waals surface area contributed by atoms with Crippen LogP contribution in [0.2, 0.25) is 0 Å². The molecule has 1 saturated heterocycles. The molecular weight excluding hydrogens is 461 g/mol. The summed E-state index contributed by atoms with van der Waals surface area (Å²) in [7, 11) is -2.24. The summed E-state index contributed by atoms with van der Waals surface area (Å²) in [4.78, 5) is 19.4. The van der Waals surface area contributed by atoms with Gasteiger partial charge in [0.15, 0.2) is 11.4 Å². The van der Waals surface area contributed by atoms with E-state index in [-0.39, 0.29) is 37.0 Å². The predicted molar refractivity (Wildman–Crippen MR) is 122 cm³/mol. The molecule has 5 rings (SSSR count). The van der Waals surface area contributed by atoms with Crippen LogP contribution in [0.4, 0.5) is 4.39 Å². The van der Waals surface area contributed by atoms with Crippen LogP contribution in [0.25, 0.3) is 22.5 Å². The number of nitrogens with zero attached hydrogens (tertiary/aromatic N) is 5. The zero-order chi connectivity index (χ0) is 24.0. The number of piperazine rings is 1. The lowest BCUT2D eigenvalue weighted by atomic mass is 10.1. The van der Waals surface area contributed by atoms with Crippen LogP contribution in [0, 0.1) is 12.7 Å². The molecule has 0 aliphatic carbocycles. The third-order valence-electron chi connectivity index (χ3n) is 5.95. The van der Waals surface area contributed by atoms with E-state index in [9.17, 15) is 17.6 Å². The average Bonchev–Trinajstić information content (AvgIpc) is 3.47. The van der Waals surface area contributed by atoms with E-state index in [1.807, 2.05) is 6.92 Å². The van der Waals surface area contributed by atoms with Gasteiger partial charge in [-0.2, -0.15) is 9.40 Å². The minimum atomic E-state index is -4.00. The molecule has 3 aromatic heterocycles. The maximum atomic E-state index is 14.1. The highest BCUT2D eigenvalue weighted by Crippen LogP contribution is 2.29. The molecule has 0 saturated carbocycles. The summed E-state index contributed by atoms with van der Waals surface area (Å²) in [5.74, 6) is -0.521. The van der Waals surface area contributed by atoms with Crippen LogP contribution in [-0.4, -0.2) is 64.5 Å². The number of amides is 1. The molecule has 0 radical (unpaired) electrons. The zero-order valence-corrected chi connectivity index (χ0v) is 19.4. The Hall–Kier alpha value is -3.57. The molecular formula is C23H22FN5O4S. The van der Waals surface area contributed by atoms with Crippen LogP contribution in [0.5, 0.6) is 0 Å². The molecule has 4 heterocycles. The van der Waals surface area contributed by atoms with Crippen LogP contribution < -0.4 is 0 Å². The number of carbonyl (C=O) groups excluding carboxylic acids is 1. The Labute approximate surface area is 195 Å². The van der Waals surface area contributed by atoms with E-state index < -0.39 is 15.8 Å². The summed E-state index contributed by atoms with van der Waals surface area (Å²) < 4.78 is 48.2. The molecule has 0 N–H and O–H groups in total. The second kappa shape index (κ2) is 8.33. The normalized spacial score (nSPS) is 15.2. The first-order valence-corrected chi connectivity index (χ1v) is 12.1. The second-order valence-corrected chi connectivity index (χ2v) is 9.97. The molecule has 0 atom stereocenters. The van der Waals surface area contributed by atoms with Crippen LogP contribution in [-0.2, 0) is 17.1 Å². The zero-order valence-electron chi connectivity index (χ0n) is 18.6. The Kier molecular flexibility index (Phi) is 5.45. The van der Waals surface area contributed by atoms with E-state index in [1.165, 1.54) is 28.8 Å². The molecule has 4 aromatic rings. The van der Waals surface area contributed by atoms with Gasteiger partial charge in [0.1, 0.15) is 16.4 Å². The number of carbonyl (C=O) groups is 1. The molecule has 1 amide bonds. The highest BCUT2D eigenvalue weighted by molar-refractivity contribution is 7.89. The molecule has 1 aromatic carbocycles. The van der Waals surface area contributed by atoms with Crippen molar-refractivity contribution in [2.24, 2.45) is 7.05 Å². The Morgan fingerprint density at radius 1 is 1.09 bits per heavy atom. The van der Waals surface area contributed by atoms with Gasteiger partial charge >= 0.3 is 0 Å². The number of sulfonamides is 1. The van der Waals surface area contributed by atoms with E-state index in [0.29, 0.717) is 33.7 Å². The van der Waals surface area contributed by atoms with Gasteiger partial charge in [0, 0.05) is 33.2 Å². The summed E-state index contributed by atoms with van der Waals surface area (Å²) in [5.41, 5.74) is 2.15. The number of hydrogen-bond acceptors (Lipinski definition) is 6. The minimum Gasteiger partial charge on any atom is -0.463 e. The molecule has 9 nitrogen and oxygen atoms in total. The topological polar surface area (TPSA) is 102 Å². The fraction of sp³-hybridized carbons (Fsp3) is 0.261. The van der Waals surface area contributed by atoms with Crippen LogP contribution in [0.1, 0.15) is 16.1 Å². The van der Waals surface area contributed by atoms with Gasteiger partial charge < -0.3 is 9.32 Å². The van der Waals surface area contributed by atoms with Crippen molar-refractivity contribution in [1.29, 1.82) is 0 Å². The van der Waals surface area contributed by atoms with Gasteiger partial charge in [0.25, 0.3) is 5.91 Å². The Morgan fingerprint density at radius 2 is 1.82 bits per heavy atom. The maximum absolute atomic E-state index is 14.1. The van der Waals surface area contributed by atoms with Crippen molar-refractivity contribution in [3.63, 3.8) is 0 Å². The van der Waals surface area contributed by atoms with E-state index in [1.54, 1.807) is 34.8 Å². The summed E-state index contributed by atoms with van der Waals surface area (Å²) in [6.07, 6.45) is 1.53. The van der Waals surface area contributed by atoms with Gasteiger partial charge in [-0.25, -0.2) is 17.8 Å². The fourth-order valence-electron chi connectivity index (χ4n) is 4.26. The van der Waals surface area contributed by atoms with Gasteiger partial charge in [-0.3, -0.25) is 9.48 Å². The van der Waals surface area contributed by atoms with E-state index in [4.69, 9.17) is 4.42 Å². The third-order valence-corrected chi connectivity index (χ3v) is 7.88. The third kappa shape index (κ3) is 3.66. The van der Waals surface area contributed by atoms with Gasteiger partial charge in [0.05, 0.1) is 22.9 Å². The van der Waals surface area contributed by atoms with Crippen molar-refractivity contribution in [2.75, 3.05) is 26.2 Å². The van der Waals surface area contributed by atoms with Crippen LogP contribution in [0.3, 0.4) is 0 Å². The molecule has 176 valence electrons. The average molecular weight is 484 g/mol. The van der Waals surface area contributed by atoms with Gasteiger partial charge in [-0.15, -0.1) is 0 Å². The number of hydrogen-bond donors (Lipinski definition) is 0. The quantitative estimate of drug-likeness (QED) is 0.442. The number of aryl methyl sites for hydroxylation is 2. The Balaban J connectivity index is 1.44. The summed E-state index contributed by atoms with van der Waals surface area (Å²) >= 11 is 0. The van der Waals surface area contributed by atoms with Gasteiger partial charge in [0.2, 0.25) is 10.0 Å². The van der Waals surface area contributed by atoms with Crippen LogP contribution in [0.15, 0.2) is 58.0 Å². The minimum absolute atomic E-state index is 0.0632. The van der Waals surface area contributed by atoms with Crippen molar-refractivity contribution >= 4 is 27.0 Å². The first-order valence-electron chi connectivity index (χ1n) is 10.7. The van der Waals surface area contributed by atoms with E-state index >= 15 is 0 Å². The van der Waals surface area contributed by atoms with Gasteiger partial charge in [-0.1, -0.05) is 12.1 Å². The number of benzene rings is 1. The van der Waals surface area contributed by atoms with Gasteiger partial charge in [-0.05, 0) is 37.3 Å². The monoisotopic (exact) mass is 483 g/mol. The summed E-state index contributed by atoms with van der Waals surface area (Å²) in [5, 5.41) is 5.06. The predicted octanol–water partition coefficient (Wildman–Crippen LogP) is 2.82. The number of rotatable bonds is 4. The molecule has 1 aliphatic heterocycles. The van der Waals surface area contributed by atoms with Crippen molar-refractivity contribution in [2.45, 2.75) is 11.8 Å². The van der Waals surface area contributed by atoms with E-state index in [0.717, 1.165) is 6.07 Å². The molecule has 11 heteroatoms. The second-order valence-electron chi connectivity index (χ2n) is 8.07. The molecule has 0 unspecified atom stereocenters. The van der Waals surface area contributed by atoms with Crippen molar-refractivity contribution in [3.05, 3.63) is 65.8 Å². The largest absolute Gasteiger partial charge is 0.463 e. The highest BCUT2D eigenvalue weighted by Gasteiger charge is 2.33. The molecule has 1 aliphatic rings. The maximum Gasteiger partial charge on any atom is 0.254 e. The smallest absolute Gasteiger partial charge is 0.254 e. The lowest BCUT2D eigenvalue weighted by Crippen LogP contribution is -2.50. The number of pyridine rings is 1. The van der Waals surface area contributed by atoms with E-state index in [2.05, 4.69) is 10.1 Å². The Bertz CT molecular complexity index is 1490. The number of aromatic nitrogens is 3. The fourth-order valence-corrected chi connectivity index (χ4v) is 5.75. The summed E-state index contributed by atoms with van der Waals surface area (Å²) in [6, 6.07) is 10.5. The Morgan fingerprint density at radius 3 is 2.50 bits per heavy atom. The number of furan rings is 1. The first-order chi connectivity index (χ1) is 16.3. The molecule has 34 heavy (non-hydrogen) atoms. The standard InChI is InChI=1S/C23H22FN5O4S/c1-15-21-16(14-18(19-7-5-13-33-19)25-22(21)27(2)26-15)23(30)28-9-11-29(12-10-28)34(31,32)20-8-4-3-6-17(20)24/h3-8,13-14H,9-12H2,1-2H3. The van der Waals surface area contributed by atoms with Crippen LogP contribution >= 0.6 is 0 Å². The van der Waals surface area contributed by atoms with Crippen molar-refractivity contribution in [3.8, 4) is 11.5 Å². The van der Waals surface area contributed by atoms with Crippen molar-refractivity contribution in [1.82, 2.24) is 24.0 Å². The molecule has 0 bridgehead atoms. The summed E-state index contributed by atoms with van der Waals surface area (Å²) in [6.45, 7) is 2.28. The number of halogens is 1. The molecule has 1 fully saturated rings. The highest BCUT2D eigenvalue weighted by atomic mass is 32.2. The lowest BCUT2D eigenvalue weighted by Gasteiger charge is -2.34. The van der Waals surface area contributed by atoms with Crippen molar-refractivity contribution < 1.29 is 22.0 Å². The lowest BCUT2D eigenvalue weighted by molar-refractivity contribution is 0.0699. The first kappa shape index (κ1) is 22.2. The SMILES string of the molecule is Cc1nn(C)c2nc(-c3ccco3)cc(C(=O)N3CCN(S(=O)(=O)c4ccccc4F)CC3)c12. The molecule has 0 spiro atoms.